The Morgan fingerprint density at radius 1 is 1.21 bits per heavy atom. The molecule has 0 aliphatic carbocycles. The molecule has 3 nitrogen and oxygen atoms in total. The zero-order chi connectivity index (χ0) is 14.2. The molecule has 1 heterocycles. The van der Waals surface area contributed by atoms with Gasteiger partial charge < -0.3 is 5.11 Å². The van der Waals surface area contributed by atoms with Crippen LogP contribution in [-0.4, -0.2) is 14.9 Å². The van der Waals surface area contributed by atoms with Crippen molar-refractivity contribution in [1.82, 2.24) is 9.78 Å². The third-order valence-electron chi connectivity index (χ3n) is 2.88. The monoisotopic (exact) mass is 270 g/mol. The van der Waals surface area contributed by atoms with E-state index in [1.807, 2.05) is 0 Å². The Morgan fingerprint density at radius 3 is 2.26 bits per heavy atom. The van der Waals surface area contributed by atoms with Crippen LogP contribution in [0.2, 0.25) is 0 Å². The molecule has 0 fully saturated rings. The summed E-state index contributed by atoms with van der Waals surface area (Å²) < 4.78 is 41.3. The summed E-state index contributed by atoms with van der Waals surface area (Å²) in [6, 6.07) is 2.81. The van der Waals surface area contributed by atoms with Crippen LogP contribution in [0.5, 0.6) is 0 Å². The first kappa shape index (κ1) is 13.6. The highest BCUT2D eigenvalue weighted by Gasteiger charge is 2.21. The van der Waals surface area contributed by atoms with Crippen LogP contribution in [-0.2, 0) is 13.5 Å². The van der Waals surface area contributed by atoms with Gasteiger partial charge in [-0.3, -0.25) is 4.68 Å². The first-order chi connectivity index (χ1) is 8.88. The maximum absolute atomic E-state index is 13.5. The molecule has 1 aromatic carbocycles. The van der Waals surface area contributed by atoms with Gasteiger partial charge in [-0.1, -0.05) is 0 Å². The van der Waals surface area contributed by atoms with Crippen LogP contribution in [0.3, 0.4) is 0 Å². The van der Waals surface area contributed by atoms with E-state index >= 15 is 0 Å². The van der Waals surface area contributed by atoms with E-state index in [9.17, 15) is 18.3 Å². The van der Waals surface area contributed by atoms with Crippen molar-refractivity contribution < 1.29 is 18.3 Å². The number of benzene rings is 1. The van der Waals surface area contributed by atoms with Crippen LogP contribution in [0.1, 0.15) is 23.1 Å². The van der Waals surface area contributed by atoms with E-state index in [1.54, 1.807) is 20.0 Å². The number of aromatic nitrogens is 2. The molecule has 0 bridgehead atoms. The minimum Gasteiger partial charge on any atom is -0.388 e. The Labute approximate surface area is 108 Å². The van der Waals surface area contributed by atoms with Crippen LogP contribution in [0.4, 0.5) is 13.2 Å². The maximum Gasteiger partial charge on any atom is 0.134 e. The third kappa shape index (κ3) is 2.78. The Morgan fingerprint density at radius 2 is 1.79 bits per heavy atom. The Kier molecular flexibility index (Phi) is 3.61. The Balaban J connectivity index is 2.30. The molecule has 0 saturated carbocycles. The molecule has 1 atom stereocenters. The van der Waals surface area contributed by atoms with Gasteiger partial charge in [0.05, 0.1) is 17.4 Å². The van der Waals surface area contributed by atoms with Gasteiger partial charge in [0.25, 0.3) is 0 Å². The van der Waals surface area contributed by atoms with E-state index in [1.165, 1.54) is 4.68 Å². The summed E-state index contributed by atoms with van der Waals surface area (Å²) in [4.78, 5) is 0. The lowest BCUT2D eigenvalue weighted by molar-refractivity contribution is 0.165. The summed E-state index contributed by atoms with van der Waals surface area (Å²) in [5, 5.41) is 14.0. The van der Waals surface area contributed by atoms with Gasteiger partial charge in [0.15, 0.2) is 0 Å². The van der Waals surface area contributed by atoms with Crippen LogP contribution in [0.15, 0.2) is 18.2 Å². The van der Waals surface area contributed by atoms with E-state index in [4.69, 9.17) is 0 Å². The fourth-order valence-corrected chi connectivity index (χ4v) is 2.03. The van der Waals surface area contributed by atoms with E-state index in [0.717, 1.165) is 5.69 Å². The summed E-state index contributed by atoms with van der Waals surface area (Å²) in [6.07, 6.45) is -1.40. The van der Waals surface area contributed by atoms with Gasteiger partial charge >= 0.3 is 0 Å². The quantitative estimate of drug-likeness (QED) is 0.930. The number of aliphatic hydroxyl groups excluding tert-OH is 1. The number of nitrogens with zero attached hydrogens (tertiary/aromatic N) is 2. The normalized spacial score (nSPS) is 12.7. The number of halogens is 3. The molecule has 19 heavy (non-hydrogen) atoms. The van der Waals surface area contributed by atoms with Gasteiger partial charge in [-0.25, -0.2) is 13.2 Å². The third-order valence-corrected chi connectivity index (χ3v) is 2.88. The zero-order valence-electron chi connectivity index (χ0n) is 10.5. The van der Waals surface area contributed by atoms with Crippen LogP contribution < -0.4 is 0 Å². The fraction of sp³-hybridized carbons (Fsp3) is 0.308. The zero-order valence-corrected chi connectivity index (χ0v) is 10.5. The van der Waals surface area contributed by atoms with Gasteiger partial charge in [0.1, 0.15) is 17.5 Å². The molecule has 102 valence electrons. The van der Waals surface area contributed by atoms with Crippen molar-refractivity contribution in [2.45, 2.75) is 19.4 Å². The molecule has 0 saturated heterocycles. The van der Waals surface area contributed by atoms with Crippen molar-refractivity contribution in [3.05, 3.63) is 52.6 Å². The number of aliphatic hydroxyl groups is 1. The second-order valence-corrected chi connectivity index (χ2v) is 4.40. The van der Waals surface area contributed by atoms with Crippen molar-refractivity contribution >= 4 is 0 Å². The fourth-order valence-electron chi connectivity index (χ4n) is 2.03. The Bertz CT molecular complexity index is 587. The standard InChI is InChI=1S/C13H13F3N2O/c1-7-3-9(18(2)17-7)6-12(19)13-10(15)4-8(14)5-11(13)16/h3-5,12,19H,6H2,1-2H3. The maximum atomic E-state index is 13.5. The van der Waals surface area contributed by atoms with Crippen molar-refractivity contribution in [3.63, 3.8) is 0 Å². The molecule has 0 spiro atoms. The molecule has 0 aliphatic heterocycles. The molecule has 0 aliphatic rings. The lowest BCUT2D eigenvalue weighted by atomic mass is 10.0. The van der Waals surface area contributed by atoms with Crippen molar-refractivity contribution in [1.29, 1.82) is 0 Å². The molecule has 2 rings (SSSR count). The first-order valence-electron chi connectivity index (χ1n) is 5.70. The van der Waals surface area contributed by atoms with E-state index < -0.39 is 29.1 Å². The highest BCUT2D eigenvalue weighted by Crippen LogP contribution is 2.25. The highest BCUT2D eigenvalue weighted by molar-refractivity contribution is 5.24. The van der Waals surface area contributed by atoms with Crippen LogP contribution in [0, 0.1) is 24.4 Å². The van der Waals surface area contributed by atoms with Gasteiger partial charge in [-0.05, 0) is 13.0 Å². The minimum atomic E-state index is -1.39. The summed E-state index contributed by atoms with van der Waals surface area (Å²) >= 11 is 0. The summed E-state index contributed by atoms with van der Waals surface area (Å²) in [5.74, 6) is -3.20. The second-order valence-electron chi connectivity index (χ2n) is 4.40. The number of aryl methyl sites for hydroxylation is 2. The second kappa shape index (κ2) is 5.05. The molecule has 2 aromatic rings. The van der Waals surface area contributed by atoms with Gasteiger partial charge in [0, 0.05) is 31.3 Å². The lowest BCUT2D eigenvalue weighted by Crippen LogP contribution is -2.10. The molecular formula is C13H13F3N2O. The average Bonchev–Trinajstić information content (AvgIpc) is 2.55. The van der Waals surface area contributed by atoms with Gasteiger partial charge in [0.2, 0.25) is 0 Å². The lowest BCUT2D eigenvalue weighted by Gasteiger charge is -2.13. The van der Waals surface area contributed by atoms with E-state index in [0.29, 0.717) is 17.8 Å². The first-order valence-corrected chi connectivity index (χ1v) is 5.70. The molecule has 0 amide bonds. The predicted molar refractivity (Wildman–Crippen MR) is 62.9 cm³/mol. The molecule has 1 N–H and O–H groups in total. The minimum absolute atomic E-state index is 0.00316. The van der Waals surface area contributed by atoms with E-state index in [2.05, 4.69) is 5.10 Å². The smallest absolute Gasteiger partial charge is 0.134 e. The number of hydrogen-bond donors (Lipinski definition) is 1. The van der Waals surface area contributed by atoms with Crippen molar-refractivity contribution in [2.75, 3.05) is 0 Å². The largest absolute Gasteiger partial charge is 0.388 e. The molecule has 1 aromatic heterocycles. The SMILES string of the molecule is Cc1cc(CC(O)c2c(F)cc(F)cc2F)n(C)n1. The van der Waals surface area contributed by atoms with Crippen LogP contribution in [0.25, 0.3) is 0 Å². The van der Waals surface area contributed by atoms with Crippen molar-refractivity contribution in [2.24, 2.45) is 7.05 Å². The molecule has 0 radical (unpaired) electrons. The van der Waals surface area contributed by atoms with Gasteiger partial charge in [-0.15, -0.1) is 0 Å². The Hall–Kier alpha value is -1.82. The number of rotatable bonds is 3. The van der Waals surface area contributed by atoms with Gasteiger partial charge in [-0.2, -0.15) is 5.10 Å². The summed E-state index contributed by atoms with van der Waals surface area (Å²) in [6.45, 7) is 1.77. The topological polar surface area (TPSA) is 38.0 Å². The summed E-state index contributed by atoms with van der Waals surface area (Å²) in [7, 11) is 1.67. The predicted octanol–water partition coefficient (Wildman–Crippen LogP) is 2.42. The molecule has 6 heteroatoms. The summed E-state index contributed by atoms with van der Waals surface area (Å²) in [5.41, 5.74) is 0.845. The van der Waals surface area contributed by atoms with Crippen molar-refractivity contribution in [3.8, 4) is 0 Å². The van der Waals surface area contributed by atoms with E-state index in [-0.39, 0.29) is 6.42 Å². The highest BCUT2D eigenvalue weighted by atomic mass is 19.1. The molecule has 1 unspecified atom stereocenters. The molecular weight excluding hydrogens is 257 g/mol. The number of hydrogen-bond acceptors (Lipinski definition) is 2. The average molecular weight is 270 g/mol. The van der Waals surface area contributed by atoms with Crippen LogP contribution >= 0.6 is 0 Å².